The van der Waals surface area contributed by atoms with Crippen molar-refractivity contribution in [1.82, 2.24) is 14.5 Å². The summed E-state index contributed by atoms with van der Waals surface area (Å²) >= 11 is 0. The highest BCUT2D eigenvalue weighted by atomic mass is 32.2. The summed E-state index contributed by atoms with van der Waals surface area (Å²) in [6.45, 7) is 3.04. The summed E-state index contributed by atoms with van der Waals surface area (Å²) < 4.78 is 46.7. The van der Waals surface area contributed by atoms with Gasteiger partial charge in [-0.3, -0.25) is 0 Å². The molecular weight excluding hydrogens is 638 g/mol. The molecule has 8 nitrogen and oxygen atoms in total. The monoisotopic (exact) mass is 675 g/mol. The minimum Gasteiger partial charge on any atom is -0.477 e. The Morgan fingerprint density at radius 3 is 2.18 bits per heavy atom. The Kier molecular flexibility index (Phi) is 7.98. The number of nitrogens with one attached hydrogen (secondary N) is 2. The van der Waals surface area contributed by atoms with Crippen LogP contribution in [0.1, 0.15) is 52.3 Å². The van der Waals surface area contributed by atoms with E-state index in [1.165, 1.54) is 6.20 Å². The molecule has 0 bridgehead atoms. The summed E-state index contributed by atoms with van der Waals surface area (Å²) in [7, 11) is -3.86. The Labute approximate surface area is 286 Å². The predicted molar refractivity (Wildman–Crippen MR) is 188 cm³/mol. The first-order chi connectivity index (χ1) is 23.8. The SMILES string of the molecule is C[C@H]1COc2c(S(=O)(=NC(c3ccccc3)(c3ccccc3)c3ccccc3)NC(=O)Nc3c4c(cc5c3C[C@H](F)C5)CCC4)cnn2C1. The molecule has 1 aromatic heterocycles. The maximum atomic E-state index is 15.9. The molecule has 0 radical (unpaired) electrons. The van der Waals surface area contributed by atoms with E-state index in [-0.39, 0.29) is 17.2 Å². The zero-order chi connectivity index (χ0) is 33.6. The average molecular weight is 676 g/mol. The van der Waals surface area contributed by atoms with Crippen molar-refractivity contribution in [3.05, 3.63) is 142 Å². The first kappa shape index (κ1) is 31.3. The maximum absolute atomic E-state index is 15.9. The lowest BCUT2D eigenvalue weighted by Crippen LogP contribution is -2.38. The number of fused-ring (bicyclic) bond motifs is 3. The molecule has 2 amide bonds. The van der Waals surface area contributed by atoms with Crippen molar-refractivity contribution in [2.24, 2.45) is 10.3 Å². The molecule has 250 valence electrons. The molecule has 8 rings (SSSR count). The number of carbonyl (C=O) groups is 1. The van der Waals surface area contributed by atoms with E-state index < -0.39 is 27.7 Å². The van der Waals surface area contributed by atoms with Gasteiger partial charge in [0, 0.05) is 24.4 Å². The van der Waals surface area contributed by atoms with Crippen molar-refractivity contribution in [1.29, 1.82) is 0 Å². The molecular formula is C39H38FN5O3S. The number of halogens is 1. The Morgan fingerprint density at radius 1 is 0.918 bits per heavy atom. The van der Waals surface area contributed by atoms with Crippen molar-refractivity contribution in [3.8, 4) is 5.88 Å². The van der Waals surface area contributed by atoms with Gasteiger partial charge in [0.15, 0.2) is 9.92 Å². The molecule has 3 atom stereocenters. The average Bonchev–Trinajstić information content (AvgIpc) is 3.86. The number of rotatable bonds is 7. The summed E-state index contributed by atoms with van der Waals surface area (Å²) in [5.41, 5.74) is 5.53. The molecule has 5 aromatic rings. The Morgan fingerprint density at radius 2 is 1.55 bits per heavy atom. The molecule has 49 heavy (non-hydrogen) atoms. The summed E-state index contributed by atoms with van der Waals surface area (Å²) in [5.74, 6) is 0.514. The van der Waals surface area contributed by atoms with E-state index in [4.69, 9.17) is 9.10 Å². The zero-order valence-corrected chi connectivity index (χ0v) is 28.1. The zero-order valence-electron chi connectivity index (χ0n) is 27.3. The molecule has 2 N–H and O–H groups in total. The van der Waals surface area contributed by atoms with Gasteiger partial charge >= 0.3 is 6.03 Å². The molecule has 2 heterocycles. The highest BCUT2D eigenvalue weighted by molar-refractivity contribution is 7.92. The van der Waals surface area contributed by atoms with Gasteiger partial charge in [-0.25, -0.2) is 22.8 Å². The number of nitrogens with zero attached hydrogens (tertiary/aromatic N) is 3. The van der Waals surface area contributed by atoms with Crippen LogP contribution in [0.3, 0.4) is 0 Å². The molecule has 0 fully saturated rings. The fraction of sp³-hybridized carbons (Fsp3) is 0.282. The molecule has 0 spiro atoms. The first-order valence-electron chi connectivity index (χ1n) is 16.9. The van der Waals surface area contributed by atoms with Crippen LogP contribution in [0.15, 0.2) is 113 Å². The number of aryl methyl sites for hydroxylation is 1. The molecule has 1 aliphatic heterocycles. The Bertz CT molecular complexity index is 2050. The third-order valence-electron chi connectivity index (χ3n) is 9.82. The molecule has 0 saturated carbocycles. The topological polar surface area (TPSA) is 97.6 Å². The van der Waals surface area contributed by atoms with Gasteiger partial charge in [-0.15, -0.1) is 0 Å². The third kappa shape index (κ3) is 5.57. The van der Waals surface area contributed by atoms with E-state index in [1.54, 1.807) is 4.68 Å². The summed E-state index contributed by atoms with van der Waals surface area (Å²) in [6, 6.07) is 30.5. The van der Waals surface area contributed by atoms with Crippen LogP contribution in [0.2, 0.25) is 0 Å². The molecule has 3 aliphatic rings. The number of aromatic nitrogens is 2. The van der Waals surface area contributed by atoms with Gasteiger partial charge in [0.1, 0.15) is 16.6 Å². The number of urea groups is 1. The largest absolute Gasteiger partial charge is 0.477 e. The number of carbonyl (C=O) groups excluding carboxylic acids is 1. The standard InChI is InChI=1S/C39H38FN5O3S/c1-26-24-45-37(48-25-26)35(23-41-45)49(47,43-38(46)42-36-33-19-11-12-27(33)20-28-21-32(40)22-34(28)36)44-39(29-13-5-2-6-14-29,30-15-7-3-8-16-30)31-17-9-4-10-18-31/h2-10,13-18,20,23,26,32H,11-12,19,21-22,24-25H2,1H3,(H2,42,43,44,46,47)/t26-,32-,49?/m1/s1. The van der Waals surface area contributed by atoms with Gasteiger partial charge in [0.05, 0.1) is 19.3 Å². The lowest BCUT2D eigenvalue weighted by Gasteiger charge is -2.33. The van der Waals surface area contributed by atoms with Gasteiger partial charge in [-0.1, -0.05) is 104 Å². The molecule has 0 saturated heterocycles. The quantitative estimate of drug-likeness (QED) is 0.176. The fourth-order valence-electron chi connectivity index (χ4n) is 7.62. The highest BCUT2D eigenvalue weighted by Crippen LogP contribution is 2.44. The second kappa shape index (κ2) is 12.5. The van der Waals surface area contributed by atoms with Crippen LogP contribution in [-0.4, -0.2) is 32.8 Å². The third-order valence-corrected chi connectivity index (χ3v) is 11.7. The van der Waals surface area contributed by atoms with Crippen LogP contribution in [0, 0.1) is 5.92 Å². The molecule has 2 aliphatic carbocycles. The van der Waals surface area contributed by atoms with E-state index in [9.17, 15) is 9.18 Å². The van der Waals surface area contributed by atoms with Crippen molar-refractivity contribution >= 4 is 21.6 Å². The van der Waals surface area contributed by atoms with Crippen LogP contribution in [0.4, 0.5) is 14.9 Å². The van der Waals surface area contributed by atoms with E-state index in [1.807, 2.05) is 91.0 Å². The lowest BCUT2D eigenvalue weighted by atomic mass is 9.78. The Hall–Kier alpha value is -4.96. The maximum Gasteiger partial charge on any atom is 0.331 e. The van der Waals surface area contributed by atoms with E-state index in [2.05, 4.69) is 28.1 Å². The van der Waals surface area contributed by atoms with Gasteiger partial charge in [0.25, 0.3) is 0 Å². The van der Waals surface area contributed by atoms with Gasteiger partial charge in [-0.2, -0.15) is 9.46 Å². The number of hydrogen-bond acceptors (Lipinski definition) is 5. The number of benzene rings is 4. The molecule has 10 heteroatoms. The number of amides is 2. The van der Waals surface area contributed by atoms with Crippen molar-refractivity contribution in [2.75, 3.05) is 11.9 Å². The van der Waals surface area contributed by atoms with Gasteiger partial charge in [0.2, 0.25) is 5.88 Å². The van der Waals surface area contributed by atoms with Crippen molar-refractivity contribution < 1.29 is 18.1 Å². The van der Waals surface area contributed by atoms with Crippen LogP contribution < -0.4 is 14.8 Å². The number of ether oxygens (including phenoxy) is 1. The number of hydrogen-bond donors (Lipinski definition) is 2. The first-order valence-corrected chi connectivity index (χ1v) is 18.4. The minimum atomic E-state index is -3.86. The fourth-order valence-corrected chi connectivity index (χ4v) is 9.47. The molecule has 1 unspecified atom stereocenters. The van der Waals surface area contributed by atoms with Crippen LogP contribution in [-0.2, 0) is 47.7 Å². The second-order valence-electron chi connectivity index (χ2n) is 13.3. The minimum absolute atomic E-state index is 0.189. The Balaban J connectivity index is 1.34. The summed E-state index contributed by atoms with van der Waals surface area (Å²) in [5, 5.41) is 7.60. The van der Waals surface area contributed by atoms with Crippen molar-refractivity contribution in [3.63, 3.8) is 0 Å². The second-order valence-corrected chi connectivity index (χ2v) is 15.2. The highest BCUT2D eigenvalue weighted by Gasteiger charge is 2.41. The van der Waals surface area contributed by atoms with E-state index >= 15 is 4.21 Å². The van der Waals surface area contributed by atoms with Crippen LogP contribution >= 0.6 is 0 Å². The van der Waals surface area contributed by atoms with Crippen LogP contribution in [0.25, 0.3) is 0 Å². The van der Waals surface area contributed by atoms with Gasteiger partial charge in [-0.05, 0) is 58.2 Å². The van der Waals surface area contributed by atoms with E-state index in [0.717, 1.165) is 58.2 Å². The molecule has 4 aromatic carbocycles. The van der Waals surface area contributed by atoms with Crippen LogP contribution in [0.5, 0.6) is 5.88 Å². The van der Waals surface area contributed by atoms with Crippen molar-refractivity contribution in [2.45, 2.75) is 62.2 Å². The number of anilines is 1. The lowest BCUT2D eigenvalue weighted by molar-refractivity contribution is 0.170. The number of alkyl halides is 1. The summed E-state index contributed by atoms with van der Waals surface area (Å²) in [4.78, 5) is 14.5. The smallest absolute Gasteiger partial charge is 0.331 e. The normalized spacial score (nSPS) is 19.1. The summed E-state index contributed by atoms with van der Waals surface area (Å²) in [6.07, 6.45) is 3.70. The predicted octanol–water partition coefficient (Wildman–Crippen LogP) is 7.39. The van der Waals surface area contributed by atoms with Gasteiger partial charge < -0.3 is 10.1 Å². The van der Waals surface area contributed by atoms with E-state index in [0.29, 0.717) is 31.1 Å².